The first-order valence-corrected chi connectivity index (χ1v) is 47.6. The lowest BCUT2D eigenvalue weighted by Gasteiger charge is -2.42. The highest BCUT2D eigenvalue weighted by Crippen LogP contribution is 2.38. The Bertz CT molecular complexity index is 4450. The van der Waals surface area contributed by atoms with Crippen molar-refractivity contribution in [3.63, 3.8) is 0 Å². The lowest BCUT2D eigenvalue weighted by atomic mass is 9.87. The molecule has 5 aliphatic carbocycles. The third-order valence-corrected chi connectivity index (χ3v) is 24.3. The Morgan fingerprint density at radius 3 is 0.852 bits per heavy atom. The van der Waals surface area contributed by atoms with E-state index in [2.05, 4.69) is 230 Å². The summed E-state index contributed by atoms with van der Waals surface area (Å²) in [4.78, 5) is 43.9. The van der Waals surface area contributed by atoms with Gasteiger partial charge in [0.2, 0.25) is 0 Å². The van der Waals surface area contributed by atoms with Crippen molar-refractivity contribution in [3.05, 3.63) is 238 Å². The highest BCUT2D eigenvalue weighted by Gasteiger charge is 2.36. The summed E-state index contributed by atoms with van der Waals surface area (Å²) in [5.74, 6) is 22.5. The first kappa shape index (κ1) is 76.5. The van der Waals surface area contributed by atoms with E-state index in [0.717, 1.165) is 167 Å². The number of hydrogen-bond donors (Lipinski definition) is 2. The van der Waals surface area contributed by atoms with Crippen LogP contribution in [-0.4, -0.2) is 99.8 Å². The van der Waals surface area contributed by atoms with Gasteiger partial charge in [0.05, 0.1) is 24.2 Å². The number of nitrogens with zero attached hydrogens (tertiary/aromatic N) is 4. The van der Waals surface area contributed by atoms with Gasteiger partial charge in [-0.3, -0.25) is 19.6 Å². The number of amides is 2. The summed E-state index contributed by atoms with van der Waals surface area (Å²) >= 11 is 0. The predicted octanol–water partition coefficient (Wildman–Crippen LogP) is 21.8. The summed E-state index contributed by atoms with van der Waals surface area (Å²) < 4.78 is 0. The van der Waals surface area contributed by atoms with Crippen molar-refractivity contribution in [1.29, 1.82) is 0 Å². The van der Waals surface area contributed by atoms with Gasteiger partial charge in [-0.2, -0.15) is 0 Å². The maximum Gasteiger partial charge on any atom is 0.253 e. The third-order valence-electron chi connectivity index (χ3n) is 22.5. The number of nitrogens with one attached hydrogen (secondary N) is 2. The molecule has 2 unspecified atom stereocenters. The fourth-order valence-corrected chi connectivity index (χ4v) is 17.5. The van der Waals surface area contributed by atoms with Crippen LogP contribution in [0.1, 0.15) is 219 Å². The second kappa shape index (κ2) is 36.0. The number of likely N-dealkylation sites (N-methyl/N-ethyl adjacent to an activating group) is 2. The molecular weight excluding hydrogens is 1350 g/mol. The Balaban J connectivity index is 0.674. The average Bonchev–Trinajstić information content (AvgIpc) is 0.781. The van der Waals surface area contributed by atoms with Gasteiger partial charge >= 0.3 is 0 Å². The standard InChI is InChI=1S/C98H110N6O2Si2/c1-103(97(105)81-63-51-73(52-64-81)41-39-71-43-55-77(56-44-71)87-33-23-35-89(79-59-47-75(48-60-79)67-69-107(3,4)5)93(87)95(99-83-25-13-9-14-26-83)100-84-27-15-10-16-28-84)91-37-21-22-38-92(91)104(2)98(106)82-65-53-74(54-66-82)42-40-72-45-57-78(58-46-72)88-34-24-36-90(80-61-49-76(50-62-80)68-70-108(6,7)8)94(88)96(101-85-29-17-11-18-30-85)102-86-31-19-12-20-32-86/h23-24,33-36,43-66,83-86,91-92H,9-22,25-32,37-38H2,1-8H3,(H,99,100)(H,101,102). The normalized spacial score (nSPS) is 17.8. The van der Waals surface area contributed by atoms with Gasteiger partial charge in [-0.15, -0.1) is 11.1 Å². The van der Waals surface area contributed by atoms with E-state index in [4.69, 9.17) is 9.98 Å². The van der Waals surface area contributed by atoms with Gasteiger partial charge in [-0.05, 0) is 206 Å². The largest absolute Gasteiger partial charge is 0.367 e. The second-order valence-corrected chi connectivity index (χ2v) is 42.7. The van der Waals surface area contributed by atoms with Gasteiger partial charge in [0.25, 0.3) is 11.8 Å². The van der Waals surface area contributed by atoms with Crippen LogP contribution in [0.2, 0.25) is 39.3 Å². The molecule has 0 saturated heterocycles. The minimum absolute atomic E-state index is 0.0658. The fourth-order valence-electron chi connectivity index (χ4n) is 16.4. The predicted molar refractivity (Wildman–Crippen MR) is 457 cm³/mol. The Morgan fingerprint density at radius 2 is 0.574 bits per heavy atom. The molecule has 13 rings (SSSR count). The molecule has 0 spiro atoms. The van der Waals surface area contributed by atoms with Crippen LogP contribution >= 0.6 is 0 Å². The van der Waals surface area contributed by atoms with Crippen molar-refractivity contribution in [2.24, 2.45) is 9.98 Å². The van der Waals surface area contributed by atoms with E-state index in [0.29, 0.717) is 35.3 Å². The number of hydrogen-bond acceptors (Lipinski definition) is 4. The first-order valence-electron chi connectivity index (χ1n) is 40.6. The number of carbonyl (C=O) groups is 2. The zero-order chi connectivity index (χ0) is 75.0. The Morgan fingerprint density at radius 1 is 0.324 bits per heavy atom. The molecular formula is C98H110N6O2Si2. The molecule has 2 amide bonds. The Kier molecular flexibility index (Phi) is 25.5. The van der Waals surface area contributed by atoms with Crippen molar-refractivity contribution in [2.45, 2.75) is 230 Å². The van der Waals surface area contributed by atoms with Crippen LogP contribution in [-0.2, 0) is 0 Å². The molecule has 8 nitrogen and oxygen atoms in total. The average molecular weight is 1460 g/mol. The minimum Gasteiger partial charge on any atom is -0.367 e. The van der Waals surface area contributed by atoms with Gasteiger partial charge in [-0.1, -0.05) is 250 Å². The quantitative estimate of drug-likeness (QED) is 0.0491. The molecule has 2 N–H and O–H groups in total. The summed E-state index contributed by atoms with van der Waals surface area (Å²) in [6.45, 7) is 13.7. The molecule has 0 heterocycles. The van der Waals surface area contributed by atoms with Gasteiger partial charge in [0.15, 0.2) is 0 Å². The molecule has 5 aliphatic rings. The number of benzene rings is 8. The monoisotopic (exact) mass is 1460 g/mol. The number of aliphatic imine (C=N–C) groups is 2. The number of amidine groups is 2. The van der Waals surface area contributed by atoms with Gasteiger partial charge in [0.1, 0.15) is 27.8 Å². The Hall–Kier alpha value is -9.69. The highest BCUT2D eigenvalue weighted by atomic mass is 28.3. The SMILES string of the molecule is CN(C(=O)c1ccc(C#Cc2ccc(-c3cccc(-c4ccc(C#C[Si](C)(C)C)cc4)c3C(=NC3CCCCC3)NC3CCCCC3)cc2)cc1)C1CCCCC1N(C)C(=O)c1ccc(C#Cc2ccc(-c3cccc(-c4ccc(C#C[Si](C)(C)C)cc4)c3C(=NC3CCCCC3)NC3CCCCC3)cc2)cc1. The van der Waals surface area contributed by atoms with E-state index in [9.17, 15) is 9.59 Å². The highest BCUT2D eigenvalue weighted by molar-refractivity contribution is 6.84. The summed E-state index contributed by atoms with van der Waals surface area (Å²) in [7, 11) is 0.723. The van der Waals surface area contributed by atoms with Gasteiger partial charge in [-0.25, -0.2) is 0 Å². The fraction of sp³-hybridized carbons (Fsp3) is 0.388. The van der Waals surface area contributed by atoms with Gasteiger partial charge < -0.3 is 20.4 Å². The van der Waals surface area contributed by atoms with E-state index in [-0.39, 0.29) is 23.9 Å². The van der Waals surface area contributed by atoms with E-state index < -0.39 is 16.1 Å². The molecule has 0 bridgehead atoms. The zero-order valence-electron chi connectivity index (χ0n) is 65.4. The number of carbonyl (C=O) groups excluding carboxylic acids is 2. The van der Waals surface area contributed by atoms with Crippen LogP contribution in [0.5, 0.6) is 0 Å². The van der Waals surface area contributed by atoms with Crippen molar-refractivity contribution in [1.82, 2.24) is 20.4 Å². The van der Waals surface area contributed by atoms with E-state index in [1.165, 1.54) is 88.2 Å². The summed E-state index contributed by atoms with van der Waals surface area (Å²) in [5, 5.41) is 8.17. The second-order valence-electron chi connectivity index (χ2n) is 33.2. The van der Waals surface area contributed by atoms with Crippen molar-refractivity contribution < 1.29 is 9.59 Å². The van der Waals surface area contributed by atoms with E-state index in [1.807, 2.05) is 72.4 Å². The molecule has 8 aromatic carbocycles. The summed E-state index contributed by atoms with van der Waals surface area (Å²) in [5.41, 5.74) is 25.4. The maximum atomic E-state index is 14.4. The number of rotatable bonds is 14. The Labute approximate surface area is 648 Å². The molecule has 0 aliphatic heterocycles. The molecule has 5 saturated carbocycles. The molecule has 8 aromatic rings. The molecule has 2 atom stereocenters. The summed E-state index contributed by atoms with van der Waals surface area (Å²) in [6.07, 6.45) is 27.8. The smallest absolute Gasteiger partial charge is 0.253 e. The van der Waals surface area contributed by atoms with Crippen molar-refractivity contribution >= 4 is 39.6 Å². The minimum atomic E-state index is -1.53. The lowest BCUT2D eigenvalue weighted by Crippen LogP contribution is -2.54. The van der Waals surface area contributed by atoms with Crippen LogP contribution in [0.4, 0.5) is 0 Å². The van der Waals surface area contributed by atoms with Crippen molar-refractivity contribution in [2.75, 3.05) is 14.1 Å². The van der Waals surface area contributed by atoms with Gasteiger partial charge in [0, 0.05) is 81.8 Å². The molecule has 5 fully saturated rings. The molecule has 10 heteroatoms. The molecule has 0 radical (unpaired) electrons. The summed E-state index contributed by atoms with van der Waals surface area (Å²) in [6, 6.07) is 64.8. The van der Waals surface area contributed by atoms with Crippen LogP contribution in [0.15, 0.2) is 192 Å². The maximum absolute atomic E-state index is 14.4. The van der Waals surface area contributed by atoms with Crippen LogP contribution in [0, 0.1) is 46.6 Å². The first-order chi connectivity index (χ1) is 52.4. The van der Waals surface area contributed by atoms with Crippen LogP contribution in [0.3, 0.4) is 0 Å². The van der Waals surface area contributed by atoms with Crippen molar-refractivity contribution in [3.8, 4) is 91.1 Å². The van der Waals surface area contributed by atoms with E-state index in [1.54, 1.807) is 0 Å². The van der Waals surface area contributed by atoms with Crippen LogP contribution < -0.4 is 10.6 Å². The molecule has 108 heavy (non-hydrogen) atoms. The third kappa shape index (κ3) is 20.4. The van der Waals surface area contributed by atoms with E-state index >= 15 is 0 Å². The lowest BCUT2D eigenvalue weighted by molar-refractivity contribution is 0.0421. The molecule has 0 aromatic heterocycles. The van der Waals surface area contributed by atoms with Crippen LogP contribution in [0.25, 0.3) is 44.5 Å². The molecule has 552 valence electrons. The topological polar surface area (TPSA) is 89.4 Å². The zero-order valence-corrected chi connectivity index (χ0v) is 67.4.